The number of hydrogen-bond donors (Lipinski definition) is 1. The molecule has 7 nitrogen and oxygen atoms in total. The highest BCUT2D eigenvalue weighted by molar-refractivity contribution is 7.22. The lowest BCUT2D eigenvalue weighted by molar-refractivity contribution is -0.147. The van der Waals surface area contributed by atoms with Crippen LogP contribution in [0.4, 0.5) is 5.13 Å². The van der Waals surface area contributed by atoms with Crippen LogP contribution in [0.1, 0.15) is 42.6 Å². The second-order valence-electron chi connectivity index (χ2n) is 6.99. The quantitative estimate of drug-likeness (QED) is 0.388. The number of amides is 1. The lowest BCUT2D eigenvalue weighted by atomic mass is 10.1. The van der Waals surface area contributed by atoms with E-state index in [-0.39, 0.29) is 24.5 Å². The number of carbonyl (C=O) groups is 3. The van der Waals surface area contributed by atoms with E-state index in [0.717, 1.165) is 21.5 Å². The maximum Gasteiger partial charge on any atom is 0.307 e. The third-order valence-electron chi connectivity index (χ3n) is 4.49. The first kappa shape index (κ1) is 22.4. The fourth-order valence-electron chi connectivity index (χ4n) is 2.87. The molecule has 0 aliphatic rings. The molecular weight excluding hydrogens is 416 g/mol. The zero-order chi connectivity index (χ0) is 22.4. The van der Waals surface area contributed by atoms with Crippen molar-refractivity contribution in [2.24, 2.45) is 0 Å². The molecule has 0 radical (unpaired) electrons. The van der Waals surface area contributed by atoms with Crippen molar-refractivity contribution >= 4 is 44.3 Å². The van der Waals surface area contributed by atoms with Crippen molar-refractivity contribution in [2.75, 3.05) is 11.9 Å². The van der Waals surface area contributed by atoms with Crippen LogP contribution in [0.25, 0.3) is 10.2 Å². The summed E-state index contributed by atoms with van der Waals surface area (Å²) in [6.07, 6.45) is -1.11. The average Bonchev–Trinajstić information content (AvgIpc) is 3.14. The fourth-order valence-corrected chi connectivity index (χ4v) is 3.78. The minimum atomic E-state index is -0.915. The Morgan fingerprint density at radius 2 is 1.84 bits per heavy atom. The zero-order valence-electron chi connectivity index (χ0n) is 17.6. The normalized spacial score (nSPS) is 11.7. The van der Waals surface area contributed by atoms with Crippen LogP contribution in [0.5, 0.6) is 5.75 Å². The molecule has 8 heteroatoms. The second kappa shape index (κ2) is 10.2. The number of benzene rings is 2. The highest BCUT2D eigenvalue weighted by atomic mass is 32.1. The van der Waals surface area contributed by atoms with Crippen molar-refractivity contribution in [3.05, 3.63) is 53.6 Å². The lowest BCUT2D eigenvalue weighted by Gasteiger charge is -2.12. The Labute approximate surface area is 184 Å². The van der Waals surface area contributed by atoms with Crippen molar-refractivity contribution in [1.82, 2.24) is 4.98 Å². The van der Waals surface area contributed by atoms with E-state index in [1.165, 1.54) is 18.3 Å². The third kappa shape index (κ3) is 6.11. The smallest absolute Gasteiger partial charge is 0.307 e. The summed E-state index contributed by atoms with van der Waals surface area (Å²) in [7, 11) is 0. The number of thiazole rings is 1. The van der Waals surface area contributed by atoms with E-state index >= 15 is 0 Å². The first-order chi connectivity index (χ1) is 14.9. The van der Waals surface area contributed by atoms with Crippen molar-refractivity contribution < 1.29 is 23.9 Å². The van der Waals surface area contributed by atoms with Crippen LogP contribution in [0.15, 0.2) is 42.5 Å². The Kier molecular flexibility index (Phi) is 7.36. The van der Waals surface area contributed by atoms with Gasteiger partial charge in [0.05, 0.1) is 23.2 Å². The molecule has 2 aromatic carbocycles. The highest BCUT2D eigenvalue weighted by Crippen LogP contribution is 2.29. The molecule has 3 aromatic rings. The van der Waals surface area contributed by atoms with Gasteiger partial charge in [0.25, 0.3) is 0 Å². The molecular formula is C23H24N2O5S. The molecule has 0 bridgehead atoms. The van der Waals surface area contributed by atoms with Crippen molar-refractivity contribution in [2.45, 2.75) is 39.7 Å². The number of ketones is 1. The van der Waals surface area contributed by atoms with Gasteiger partial charge in [0.15, 0.2) is 11.2 Å². The standard InChI is InChI=1S/C23H24N2O5S/c1-4-29-17-9-10-18-19(13-17)31-23(24-18)25-20(26)11-12-21(27)30-15(3)22(28)16-7-5-14(2)6-8-16/h5-10,13,15H,4,11-12H2,1-3H3,(H,24,25,26)/t15-/m1/s1. The van der Waals surface area contributed by atoms with Gasteiger partial charge in [-0.3, -0.25) is 14.4 Å². The van der Waals surface area contributed by atoms with Crippen LogP contribution < -0.4 is 10.1 Å². The number of rotatable bonds is 9. The zero-order valence-corrected chi connectivity index (χ0v) is 18.5. The Morgan fingerprint density at radius 3 is 2.55 bits per heavy atom. The summed E-state index contributed by atoms with van der Waals surface area (Å²) in [4.78, 5) is 41.0. The van der Waals surface area contributed by atoms with Gasteiger partial charge in [-0.05, 0) is 39.0 Å². The second-order valence-corrected chi connectivity index (χ2v) is 8.02. The van der Waals surface area contributed by atoms with E-state index in [9.17, 15) is 14.4 Å². The predicted molar refractivity (Wildman–Crippen MR) is 120 cm³/mol. The summed E-state index contributed by atoms with van der Waals surface area (Å²) in [5.74, 6) is -0.486. The van der Waals surface area contributed by atoms with Gasteiger partial charge in [-0.2, -0.15) is 0 Å². The van der Waals surface area contributed by atoms with Crippen molar-refractivity contribution in [1.29, 1.82) is 0 Å². The van der Waals surface area contributed by atoms with Gasteiger partial charge in [-0.15, -0.1) is 0 Å². The van der Waals surface area contributed by atoms with Gasteiger partial charge in [0.2, 0.25) is 11.7 Å². The SMILES string of the molecule is CCOc1ccc2nc(NC(=O)CCC(=O)O[C@H](C)C(=O)c3ccc(C)cc3)sc2c1. The first-order valence-electron chi connectivity index (χ1n) is 9.99. The molecule has 0 saturated carbocycles. The number of esters is 1. The number of nitrogens with zero attached hydrogens (tertiary/aromatic N) is 1. The maximum atomic E-state index is 12.3. The Hall–Kier alpha value is -3.26. The Bertz CT molecular complexity index is 1090. The number of fused-ring (bicyclic) bond motifs is 1. The maximum absolute atomic E-state index is 12.3. The van der Waals surface area contributed by atoms with Gasteiger partial charge in [0.1, 0.15) is 5.75 Å². The van der Waals surface area contributed by atoms with E-state index in [1.807, 2.05) is 44.2 Å². The van der Waals surface area contributed by atoms with Gasteiger partial charge >= 0.3 is 5.97 Å². The molecule has 1 atom stereocenters. The number of anilines is 1. The molecule has 3 rings (SSSR count). The monoisotopic (exact) mass is 440 g/mol. The van der Waals surface area contributed by atoms with E-state index < -0.39 is 12.1 Å². The average molecular weight is 441 g/mol. The summed E-state index contributed by atoms with van der Waals surface area (Å²) in [5, 5.41) is 3.15. The number of aromatic nitrogens is 1. The number of Topliss-reactive ketones (excluding diaryl/α,β-unsaturated/α-hetero) is 1. The molecule has 1 amide bonds. The van der Waals surface area contributed by atoms with Crippen LogP contribution in [0.3, 0.4) is 0 Å². The fraction of sp³-hybridized carbons (Fsp3) is 0.304. The van der Waals surface area contributed by atoms with Crippen LogP contribution in [0.2, 0.25) is 0 Å². The molecule has 0 aliphatic heterocycles. The van der Waals surface area contributed by atoms with Gasteiger partial charge in [0, 0.05) is 12.0 Å². The van der Waals surface area contributed by atoms with Crippen LogP contribution in [-0.4, -0.2) is 35.4 Å². The molecule has 1 N–H and O–H groups in total. The third-order valence-corrected chi connectivity index (χ3v) is 5.42. The van der Waals surface area contributed by atoms with Gasteiger partial charge in [-0.25, -0.2) is 4.98 Å². The van der Waals surface area contributed by atoms with E-state index in [4.69, 9.17) is 9.47 Å². The number of carbonyl (C=O) groups excluding carboxylic acids is 3. The van der Waals surface area contributed by atoms with Gasteiger partial charge < -0.3 is 14.8 Å². The van der Waals surface area contributed by atoms with Crippen LogP contribution in [0, 0.1) is 6.92 Å². The molecule has 0 fully saturated rings. The van der Waals surface area contributed by atoms with E-state index in [0.29, 0.717) is 17.3 Å². The van der Waals surface area contributed by atoms with Gasteiger partial charge in [-0.1, -0.05) is 41.2 Å². The van der Waals surface area contributed by atoms with Crippen molar-refractivity contribution in [3.8, 4) is 5.75 Å². The van der Waals surface area contributed by atoms with E-state index in [1.54, 1.807) is 12.1 Å². The molecule has 1 aromatic heterocycles. The van der Waals surface area contributed by atoms with Crippen LogP contribution >= 0.6 is 11.3 Å². The summed E-state index contributed by atoms with van der Waals surface area (Å²) in [5.41, 5.74) is 2.27. The largest absolute Gasteiger partial charge is 0.494 e. The van der Waals surface area contributed by atoms with Crippen LogP contribution in [-0.2, 0) is 14.3 Å². The Balaban J connectivity index is 1.48. The van der Waals surface area contributed by atoms with E-state index in [2.05, 4.69) is 10.3 Å². The minimum Gasteiger partial charge on any atom is -0.494 e. The number of hydrogen-bond acceptors (Lipinski definition) is 7. The molecule has 162 valence electrons. The number of aryl methyl sites for hydroxylation is 1. The summed E-state index contributed by atoms with van der Waals surface area (Å²) in [6, 6.07) is 12.6. The molecule has 1 heterocycles. The molecule has 0 saturated heterocycles. The predicted octanol–water partition coefficient (Wildman–Crippen LogP) is 4.54. The number of ether oxygens (including phenoxy) is 2. The lowest BCUT2D eigenvalue weighted by Crippen LogP contribution is -2.25. The first-order valence-corrected chi connectivity index (χ1v) is 10.8. The molecule has 0 unspecified atom stereocenters. The Morgan fingerprint density at radius 1 is 1.10 bits per heavy atom. The molecule has 31 heavy (non-hydrogen) atoms. The summed E-state index contributed by atoms with van der Waals surface area (Å²) < 4.78 is 11.5. The van der Waals surface area contributed by atoms with Crippen molar-refractivity contribution in [3.63, 3.8) is 0 Å². The highest BCUT2D eigenvalue weighted by Gasteiger charge is 2.20. The minimum absolute atomic E-state index is 0.0651. The molecule has 0 aliphatic carbocycles. The summed E-state index contributed by atoms with van der Waals surface area (Å²) >= 11 is 1.33. The summed E-state index contributed by atoms with van der Waals surface area (Å²) in [6.45, 7) is 5.93. The molecule has 0 spiro atoms. The number of nitrogens with one attached hydrogen (secondary N) is 1. The topological polar surface area (TPSA) is 94.6 Å².